The number of hydrogen-bond donors (Lipinski definition) is 1. The molecule has 152 valence electrons. The summed E-state index contributed by atoms with van der Waals surface area (Å²) < 4.78 is 38.1. The normalized spacial score (nSPS) is 18.5. The fourth-order valence-electron chi connectivity index (χ4n) is 3.72. The van der Waals surface area contributed by atoms with Gasteiger partial charge >= 0.3 is 6.18 Å². The third-order valence-corrected chi connectivity index (χ3v) is 6.28. The molecule has 0 spiro atoms. The van der Waals surface area contributed by atoms with Gasteiger partial charge in [-0.3, -0.25) is 9.89 Å². The molecule has 11 heteroatoms. The monoisotopic (exact) mass is 414 g/mol. The largest absolute Gasteiger partial charge is 0.445 e. The summed E-state index contributed by atoms with van der Waals surface area (Å²) in [4.78, 5) is 16.4. The number of alkyl halides is 3. The van der Waals surface area contributed by atoms with E-state index in [0.29, 0.717) is 43.2 Å². The van der Waals surface area contributed by atoms with E-state index in [0.717, 1.165) is 36.9 Å². The molecule has 1 fully saturated rings. The number of carbonyl (C=O) groups is 1. The number of rotatable bonds is 2. The molecule has 0 bridgehead atoms. The summed E-state index contributed by atoms with van der Waals surface area (Å²) in [6, 6.07) is 0. The van der Waals surface area contributed by atoms with Gasteiger partial charge in [0.25, 0.3) is 5.91 Å². The molecule has 1 N–H and O–H groups in total. The number of nitrogens with one attached hydrogen (secondary N) is 1. The summed E-state index contributed by atoms with van der Waals surface area (Å²) in [6.07, 6.45) is 1.82. The number of aryl methyl sites for hydroxylation is 1. The van der Waals surface area contributed by atoms with E-state index >= 15 is 0 Å². The summed E-state index contributed by atoms with van der Waals surface area (Å²) in [5, 5.41) is 13.5. The van der Waals surface area contributed by atoms with Gasteiger partial charge in [0.2, 0.25) is 10.1 Å². The zero-order valence-electron chi connectivity index (χ0n) is 15.3. The maximum absolute atomic E-state index is 13.0. The predicted molar refractivity (Wildman–Crippen MR) is 97.5 cm³/mol. The van der Waals surface area contributed by atoms with Gasteiger partial charge in [0.15, 0.2) is 5.69 Å². The van der Waals surface area contributed by atoms with Crippen LogP contribution in [0.1, 0.15) is 52.4 Å². The van der Waals surface area contributed by atoms with E-state index in [4.69, 9.17) is 0 Å². The van der Waals surface area contributed by atoms with Gasteiger partial charge in [-0.25, -0.2) is 0 Å². The molecule has 1 aliphatic heterocycles. The molecule has 0 atom stereocenters. The molecular formula is C17H21F3N6OS. The van der Waals surface area contributed by atoms with Gasteiger partial charge in [0, 0.05) is 37.4 Å². The van der Waals surface area contributed by atoms with E-state index < -0.39 is 11.2 Å². The lowest BCUT2D eigenvalue weighted by molar-refractivity contribution is -0.138. The topological polar surface area (TPSA) is 78.0 Å². The Kier molecular flexibility index (Phi) is 5.26. The first-order valence-electron chi connectivity index (χ1n) is 9.44. The van der Waals surface area contributed by atoms with Crippen molar-refractivity contribution in [2.45, 2.75) is 44.7 Å². The Hall–Kier alpha value is -2.17. The Morgan fingerprint density at radius 2 is 1.71 bits per heavy atom. The van der Waals surface area contributed by atoms with Crippen LogP contribution in [0.4, 0.5) is 18.3 Å². The second kappa shape index (κ2) is 7.69. The predicted octanol–water partition coefficient (Wildman–Crippen LogP) is 2.90. The molecule has 7 nitrogen and oxygen atoms in total. The number of piperazine rings is 1. The van der Waals surface area contributed by atoms with E-state index in [1.165, 1.54) is 12.8 Å². The summed E-state index contributed by atoms with van der Waals surface area (Å²) >= 11 is 0.535. The van der Waals surface area contributed by atoms with Crippen molar-refractivity contribution in [3.8, 4) is 0 Å². The number of hydrogen-bond acceptors (Lipinski definition) is 6. The number of nitrogens with zero attached hydrogens (tertiary/aromatic N) is 5. The van der Waals surface area contributed by atoms with E-state index in [1.807, 2.05) is 0 Å². The van der Waals surface area contributed by atoms with E-state index in [-0.39, 0.29) is 11.0 Å². The van der Waals surface area contributed by atoms with Crippen LogP contribution in [0, 0.1) is 0 Å². The molecule has 0 unspecified atom stereocenters. The molecule has 3 heterocycles. The van der Waals surface area contributed by atoms with E-state index in [2.05, 4.69) is 20.4 Å². The molecule has 1 saturated heterocycles. The number of H-pyrrole nitrogens is 1. The lowest BCUT2D eigenvalue weighted by atomic mass is 9.96. The molecule has 0 aromatic carbocycles. The van der Waals surface area contributed by atoms with Crippen LogP contribution in [0.25, 0.3) is 0 Å². The van der Waals surface area contributed by atoms with Crippen LogP contribution in [0.2, 0.25) is 0 Å². The zero-order valence-corrected chi connectivity index (χ0v) is 16.1. The molecule has 2 aromatic rings. The fraction of sp³-hybridized carbons (Fsp3) is 0.647. The Morgan fingerprint density at radius 3 is 2.39 bits per heavy atom. The molecule has 4 rings (SSSR count). The van der Waals surface area contributed by atoms with Crippen molar-refractivity contribution in [1.82, 2.24) is 25.3 Å². The van der Waals surface area contributed by atoms with Gasteiger partial charge in [-0.2, -0.15) is 18.3 Å². The third-order valence-electron chi connectivity index (χ3n) is 5.25. The molecule has 2 aliphatic rings. The SMILES string of the molecule is O=C(c1n[nH]c2c1CCCCCC2)N1CCN(c2nnc(C(F)(F)F)s2)CC1. The lowest BCUT2D eigenvalue weighted by Crippen LogP contribution is -2.49. The zero-order chi connectivity index (χ0) is 19.7. The second-order valence-electron chi connectivity index (χ2n) is 7.11. The standard InChI is InChI=1S/C17H21F3N6OS/c18-17(19,20)15-23-24-16(28-15)26-9-7-25(8-10-26)14(27)13-11-5-3-1-2-4-6-12(11)21-22-13/h1-10H2,(H,21,22). The molecule has 0 radical (unpaired) electrons. The quantitative estimate of drug-likeness (QED) is 0.818. The minimum Gasteiger partial charge on any atom is -0.343 e. The third kappa shape index (κ3) is 3.85. The highest BCUT2D eigenvalue weighted by Gasteiger charge is 2.37. The molecular weight excluding hydrogens is 393 g/mol. The first kappa shape index (κ1) is 19.2. The highest BCUT2D eigenvalue weighted by atomic mass is 32.1. The van der Waals surface area contributed by atoms with Gasteiger partial charge in [0.1, 0.15) is 0 Å². The maximum atomic E-state index is 13.0. The minimum atomic E-state index is -4.48. The Balaban J connectivity index is 1.41. The lowest BCUT2D eigenvalue weighted by Gasteiger charge is -2.34. The van der Waals surface area contributed by atoms with Crippen molar-refractivity contribution in [3.05, 3.63) is 22.0 Å². The van der Waals surface area contributed by atoms with Crippen LogP contribution >= 0.6 is 11.3 Å². The summed E-state index contributed by atoms with van der Waals surface area (Å²) in [6.45, 7) is 1.68. The summed E-state index contributed by atoms with van der Waals surface area (Å²) in [5.41, 5.74) is 2.60. The van der Waals surface area contributed by atoms with Gasteiger partial charge in [-0.05, 0) is 25.7 Å². The number of aromatic amines is 1. The Labute approximate surface area is 163 Å². The Bertz CT molecular complexity index is 840. The van der Waals surface area contributed by atoms with Gasteiger partial charge in [0.05, 0.1) is 0 Å². The molecule has 0 saturated carbocycles. The molecule has 28 heavy (non-hydrogen) atoms. The fourth-order valence-corrected chi connectivity index (χ4v) is 4.48. The second-order valence-corrected chi connectivity index (χ2v) is 8.07. The molecule has 1 amide bonds. The van der Waals surface area contributed by atoms with Crippen molar-refractivity contribution in [1.29, 1.82) is 0 Å². The van der Waals surface area contributed by atoms with Crippen LogP contribution < -0.4 is 4.90 Å². The number of anilines is 1. The average Bonchev–Trinajstić information content (AvgIpc) is 3.28. The first-order valence-corrected chi connectivity index (χ1v) is 10.3. The highest BCUT2D eigenvalue weighted by molar-refractivity contribution is 7.15. The minimum absolute atomic E-state index is 0.106. The van der Waals surface area contributed by atoms with Crippen molar-refractivity contribution in [2.24, 2.45) is 0 Å². The number of halogens is 3. The molecule has 1 aliphatic carbocycles. The van der Waals surface area contributed by atoms with E-state index in [1.54, 1.807) is 9.80 Å². The van der Waals surface area contributed by atoms with E-state index in [9.17, 15) is 18.0 Å². The number of fused-ring (bicyclic) bond motifs is 1. The average molecular weight is 414 g/mol. The summed E-state index contributed by atoms with van der Waals surface area (Å²) in [5.74, 6) is -0.106. The van der Waals surface area contributed by atoms with Crippen molar-refractivity contribution in [3.63, 3.8) is 0 Å². The maximum Gasteiger partial charge on any atom is 0.445 e. The van der Waals surface area contributed by atoms with Crippen molar-refractivity contribution < 1.29 is 18.0 Å². The van der Waals surface area contributed by atoms with Gasteiger partial charge in [-0.1, -0.05) is 24.2 Å². The number of carbonyl (C=O) groups excluding carboxylic acids is 1. The number of aromatic nitrogens is 4. The van der Waals surface area contributed by atoms with Crippen LogP contribution in [0.3, 0.4) is 0 Å². The van der Waals surface area contributed by atoms with Crippen LogP contribution in [-0.4, -0.2) is 57.4 Å². The van der Waals surface area contributed by atoms with Crippen molar-refractivity contribution >= 4 is 22.4 Å². The summed E-state index contributed by atoms with van der Waals surface area (Å²) in [7, 11) is 0. The smallest absolute Gasteiger partial charge is 0.343 e. The highest BCUT2D eigenvalue weighted by Crippen LogP contribution is 2.34. The molecule has 2 aromatic heterocycles. The van der Waals surface area contributed by atoms with Gasteiger partial charge < -0.3 is 9.80 Å². The van der Waals surface area contributed by atoms with Crippen LogP contribution in [0.15, 0.2) is 0 Å². The Morgan fingerprint density at radius 1 is 1.00 bits per heavy atom. The van der Waals surface area contributed by atoms with Gasteiger partial charge in [-0.15, -0.1) is 10.2 Å². The van der Waals surface area contributed by atoms with Crippen molar-refractivity contribution in [2.75, 3.05) is 31.1 Å². The van der Waals surface area contributed by atoms with Crippen LogP contribution in [0.5, 0.6) is 0 Å². The van der Waals surface area contributed by atoms with Crippen LogP contribution in [-0.2, 0) is 19.0 Å². The number of amides is 1. The first-order chi connectivity index (χ1) is 13.4.